The lowest BCUT2D eigenvalue weighted by Gasteiger charge is -2.40. The lowest BCUT2D eigenvalue weighted by atomic mass is 9.75. The van der Waals surface area contributed by atoms with Gasteiger partial charge >= 0.3 is 11.9 Å². The molecule has 2 unspecified atom stereocenters. The Balaban J connectivity index is 0.000000238. The number of esters is 2. The summed E-state index contributed by atoms with van der Waals surface area (Å²) in [6.45, 7) is 10.2. The van der Waals surface area contributed by atoms with E-state index in [2.05, 4.69) is 13.8 Å². The number of ether oxygens (including phenoxy) is 2. The first-order valence-electron chi connectivity index (χ1n) is 14.3. The Morgan fingerprint density at radius 2 is 1.15 bits per heavy atom. The predicted molar refractivity (Wildman–Crippen MR) is 135 cm³/mol. The molecule has 0 N–H and O–H groups in total. The third-order valence-corrected chi connectivity index (χ3v) is 8.86. The quantitative estimate of drug-likeness (QED) is 0.340. The molecule has 0 spiro atoms. The molecule has 3 aliphatic carbocycles. The van der Waals surface area contributed by atoms with E-state index in [1.54, 1.807) is 0 Å². The van der Waals surface area contributed by atoms with E-state index in [0.29, 0.717) is 5.92 Å². The maximum absolute atomic E-state index is 12.2. The van der Waals surface area contributed by atoms with Crippen molar-refractivity contribution in [3.8, 4) is 0 Å². The highest BCUT2D eigenvalue weighted by Gasteiger charge is 2.45. The molecular formula is C29H52O4. The zero-order valence-corrected chi connectivity index (χ0v) is 22.4. The minimum Gasteiger partial charge on any atom is -0.459 e. The van der Waals surface area contributed by atoms with E-state index in [1.807, 2.05) is 20.8 Å². The Morgan fingerprint density at radius 1 is 0.697 bits per heavy atom. The molecule has 0 heterocycles. The monoisotopic (exact) mass is 464 g/mol. The van der Waals surface area contributed by atoms with Gasteiger partial charge in [0.2, 0.25) is 0 Å². The van der Waals surface area contributed by atoms with Crippen LogP contribution in [0.1, 0.15) is 144 Å². The summed E-state index contributed by atoms with van der Waals surface area (Å²) < 4.78 is 11.8. The molecule has 0 radical (unpaired) electrons. The van der Waals surface area contributed by atoms with E-state index in [9.17, 15) is 9.59 Å². The molecule has 0 aromatic heterocycles. The van der Waals surface area contributed by atoms with Crippen molar-refractivity contribution in [3.05, 3.63) is 0 Å². The molecule has 4 heteroatoms. The lowest BCUT2D eigenvalue weighted by molar-refractivity contribution is -0.172. The van der Waals surface area contributed by atoms with Gasteiger partial charge in [-0.15, -0.1) is 0 Å². The van der Waals surface area contributed by atoms with E-state index < -0.39 is 0 Å². The number of rotatable bonds is 8. The predicted octanol–water partition coefficient (Wildman–Crippen LogP) is 8.16. The SMILES string of the molecule is CCC(C)C(=O)OC1(C2CCCCC2)CCCC1.CCC(C)C(=O)OC1(CC)CCCCC1. The Bertz CT molecular complexity index is 580. The molecule has 0 saturated heterocycles. The van der Waals surface area contributed by atoms with Gasteiger partial charge in [-0.05, 0) is 89.4 Å². The van der Waals surface area contributed by atoms with Crippen molar-refractivity contribution in [3.63, 3.8) is 0 Å². The first-order chi connectivity index (χ1) is 15.8. The lowest BCUT2D eigenvalue weighted by Crippen LogP contribution is -2.42. The standard InChI is InChI=1S/C16H28O2.C13H24O2/c1-3-13(2)15(17)18-16(11-7-8-12-16)14-9-5-4-6-10-14;1-4-11(3)12(14)15-13(5-2)9-7-6-8-10-13/h13-14H,3-12H2,1-2H3;11H,4-10H2,1-3H3. The molecule has 0 aromatic carbocycles. The maximum Gasteiger partial charge on any atom is 0.309 e. The summed E-state index contributed by atoms with van der Waals surface area (Å²) in [6.07, 6.45) is 19.8. The van der Waals surface area contributed by atoms with Gasteiger partial charge in [-0.3, -0.25) is 9.59 Å². The molecule has 192 valence electrons. The molecule has 3 aliphatic rings. The zero-order valence-electron chi connectivity index (χ0n) is 22.4. The van der Waals surface area contributed by atoms with Crippen LogP contribution >= 0.6 is 0 Å². The molecule has 0 aliphatic heterocycles. The first kappa shape index (κ1) is 28.2. The van der Waals surface area contributed by atoms with Gasteiger partial charge in [-0.25, -0.2) is 0 Å². The van der Waals surface area contributed by atoms with Gasteiger partial charge in [0.25, 0.3) is 0 Å². The Morgan fingerprint density at radius 3 is 1.64 bits per heavy atom. The molecule has 33 heavy (non-hydrogen) atoms. The van der Waals surface area contributed by atoms with Crippen LogP contribution in [-0.4, -0.2) is 23.1 Å². The van der Waals surface area contributed by atoms with Crippen molar-refractivity contribution in [2.24, 2.45) is 17.8 Å². The second-order valence-corrected chi connectivity index (χ2v) is 11.2. The molecular weight excluding hydrogens is 412 g/mol. The van der Waals surface area contributed by atoms with Crippen molar-refractivity contribution in [2.75, 3.05) is 0 Å². The van der Waals surface area contributed by atoms with Crippen molar-refractivity contribution < 1.29 is 19.1 Å². The first-order valence-corrected chi connectivity index (χ1v) is 14.3. The summed E-state index contributed by atoms with van der Waals surface area (Å²) >= 11 is 0. The van der Waals surface area contributed by atoms with E-state index >= 15 is 0 Å². The van der Waals surface area contributed by atoms with Crippen LogP contribution < -0.4 is 0 Å². The molecule has 4 nitrogen and oxygen atoms in total. The fourth-order valence-electron chi connectivity index (χ4n) is 5.87. The van der Waals surface area contributed by atoms with Gasteiger partial charge in [0.15, 0.2) is 0 Å². The van der Waals surface area contributed by atoms with Crippen LogP contribution in [0.5, 0.6) is 0 Å². The van der Waals surface area contributed by atoms with E-state index in [1.165, 1.54) is 64.2 Å². The molecule has 2 atom stereocenters. The van der Waals surface area contributed by atoms with Gasteiger partial charge in [0, 0.05) is 0 Å². The van der Waals surface area contributed by atoms with E-state index in [-0.39, 0.29) is 35.0 Å². The topological polar surface area (TPSA) is 52.6 Å². The highest BCUT2D eigenvalue weighted by Crippen LogP contribution is 2.46. The fourth-order valence-corrected chi connectivity index (χ4v) is 5.87. The van der Waals surface area contributed by atoms with Gasteiger partial charge in [0.1, 0.15) is 11.2 Å². The molecule has 0 aromatic rings. The van der Waals surface area contributed by atoms with Gasteiger partial charge in [-0.2, -0.15) is 0 Å². The van der Waals surface area contributed by atoms with E-state index in [0.717, 1.165) is 44.9 Å². The third-order valence-electron chi connectivity index (χ3n) is 8.86. The summed E-state index contributed by atoms with van der Waals surface area (Å²) in [6, 6.07) is 0. The fraction of sp³-hybridized carbons (Fsp3) is 0.931. The van der Waals surface area contributed by atoms with Gasteiger partial charge in [-0.1, -0.05) is 60.3 Å². The van der Waals surface area contributed by atoms with Crippen molar-refractivity contribution >= 4 is 11.9 Å². The second-order valence-electron chi connectivity index (χ2n) is 11.2. The maximum atomic E-state index is 12.2. The average Bonchev–Trinajstić information content (AvgIpc) is 3.34. The van der Waals surface area contributed by atoms with Crippen LogP contribution in [0.25, 0.3) is 0 Å². The molecule has 3 fully saturated rings. The second kappa shape index (κ2) is 13.7. The van der Waals surface area contributed by atoms with Crippen LogP contribution in [0.3, 0.4) is 0 Å². The Kier molecular flexibility index (Phi) is 11.7. The Hall–Kier alpha value is -1.06. The summed E-state index contributed by atoms with van der Waals surface area (Å²) in [5, 5.41) is 0. The van der Waals surface area contributed by atoms with Crippen molar-refractivity contribution in [1.82, 2.24) is 0 Å². The average molecular weight is 465 g/mol. The summed E-state index contributed by atoms with van der Waals surface area (Å²) in [5.41, 5.74) is -0.209. The largest absolute Gasteiger partial charge is 0.459 e. The molecule has 3 rings (SSSR count). The highest BCUT2D eigenvalue weighted by molar-refractivity contribution is 5.72. The minimum absolute atomic E-state index is 0.00116. The smallest absolute Gasteiger partial charge is 0.309 e. The van der Waals surface area contributed by atoms with Crippen molar-refractivity contribution in [2.45, 2.75) is 155 Å². The number of hydrogen-bond acceptors (Lipinski definition) is 4. The molecule has 0 amide bonds. The zero-order chi connectivity index (χ0) is 24.3. The number of hydrogen-bond donors (Lipinski definition) is 0. The summed E-state index contributed by atoms with van der Waals surface area (Å²) in [4.78, 5) is 23.9. The van der Waals surface area contributed by atoms with Crippen LogP contribution in [0.2, 0.25) is 0 Å². The minimum atomic E-state index is -0.126. The van der Waals surface area contributed by atoms with Crippen LogP contribution in [0.4, 0.5) is 0 Å². The third kappa shape index (κ3) is 7.99. The van der Waals surface area contributed by atoms with Gasteiger partial charge in [0.05, 0.1) is 11.8 Å². The normalized spacial score (nSPS) is 24.2. The van der Waals surface area contributed by atoms with Gasteiger partial charge < -0.3 is 9.47 Å². The van der Waals surface area contributed by atoms with E-state index in [4.69, 9.17) is 9.47 Å². The van der Waals surface area contributed by atoms with Crippen LogP contribution in [0, 0.1) is 17.8 Å². The summed E-state index contributed by atoms with van der Waals surface area (Å²) in [7, 11) is 0. The van der Waals surface area contributed by atoms with Crippen molar-refractivity contribution in [1.29, 1.82) is 0 Å². The highest BCUT2D eigenvalue weighted by atomic mass is 16.6. The van der Waals surface area contributed by atoms with Crippen LogP contribution in [0.15, 0.2) is 0 Å². The number of carbonyl (C=O) groups is 2. The summed E-state index contributed by atoms with van der Waals surface area (Å²) in [5.74, 6) is 0.800. The molecule has 3 saturated carbocycles. The Labute approximate surface area is 203 Å². The molecule has 0 bridgehead atoms. The van der Waals surface area contributed by atoms with Crippen LogP contribution in [-0.2, 0) is 19.1 Å². The number of carbonyl (C=O) groups excluding carboxylic acids is 2.